The molecular formula is C18H21N3O3. The summed E-state index contributed by atoms with van der Waals surface area (Å²) in [6, 6.07) is 9.23. The summed E-state index contributed by atoms with van der Waals surface area (Å²) in [7, 11) is 0. The monoisotopic (exact) mass is 327 g/mol. The van der Waals surface area contributed by atoms with Gasteiger partial charge in [-0.1, -0.05) is 44.2 Å². The molecule has 1 aliphatic rings. The van der Waals surface area contributed by atoms with Gasteiger partial charge in [-0.3, -0.25) is 14.9 Å². The van der Waals surface area contributed by atoms with Crippen LogP contribution < -0.4 is 5.32 Å². The molecule has 0 aliphatic carbocycles. The third kappa shape index (κ3) is 3.32. The zero-order valence-corrected chi connectivity index (χ0v) is 13.9. The largest absolute Gasteiger partial charge is 0.431 e. The highest BCUT2D eigenvalue weighted by Crippen LogP contribution is 2.23. The van der Waals surface area contributed by atoms with Crippen molar-refractivity contribution in [1.82, 2.24) is 9.88 Å². The SMILES string of the molecule is CC(C)C(C(=O)Nc1nc(-c2ccccc2)co1)N1CCCC1=O. The lowest BCUT2D eigenvalue weighted by atomic mass is 10.0. The molecule has 1 aromatic carbocycles. The van der Waals surface area contributed by atoms with Crippen LogP contribution in [0.4, 0.5) is 6.01 Å². The summed E-state index contributed by atoms with van der Waals surface area (Å²) >= 11 is 0. The first-order chi connectivity index (χ1) is 11.6. The van der Waals surface area contributed by atoms with Crippen molar-refractivity contribution in [3.05, 3.63) is 36.6 Å². The minimum Gasteiger partial charge on any atom is -0.431 e. The Morgan fingerprint density at radius 1 is 1.29 bits per heavy atom. The molecule has 2 heterocycles. The van der Waals surface area contributed by atoms with E-state index < -0.39 is 6.04 Å². The number of nitrogens with one attached hydrogen (secondary N) is 1. The zero-order chi connectivity index (χ0) is 17.1. The van der Waals surface area contributed by atoms with Crippen LogP contribution in [0.5, 0.6) is 0 Å². The standard InChI is InChI=1S/C18H21N3O3/c1-12(2)16(21-10-6-9-15(21)22)17(23)20-18-19-14(11-24-18)13-7-4-3-5-8-13/h3-5,7-8,11-12,16H,6,9-10H2,1-2H3,(H,19,20,23). The molecule has 0 spiro atoms. The maximum absolute atomic E-state index is 12.6. The lowest BCUT2D eigenvalue weighted by Gasteiger charge is -2.29. The summed E-state index contributed by atoms with van der Waals surface area (Å²) < 4.78 is 5.36. The molecule has 2 aromatic rings. The first-order valence-corrected chi connectivity index (χ1v) is 8.17. The van der Waals surface area contributed by atoms with Crippen LogP contribution >= 0.6 is 0 Å². The molecule has 1 saturated heterocycles. The molecular weight excluding hydrogens is 306 g/mol. The molecule has 2 amide bonds. The highest BCUT2D eigenvalue weighted by Gasteiger charge is 2.35. The minimum atomic E-state index is -0.507. The predicted molar refractivity (Wildman–Crippen MR) is 90.1 cm³/mol. The van der Waals surface area contributed by atoms with Crippen LogP contribution in [0.15, 0.2) is 41.0 Å². The lowest BCUT2D eigenvalue weighted by Crippen LogP contribution is -2.48. The fourth-order valence-corrected chi connectivity index (χ4v) is 3.02. The van der Waals surface area contributed by atoms with Crippen LogP contribution in [0.25, 0.3) is 11.3 Å². The van der Waals surface area contributed by atoms with Gasteiger partial charge in [0, 0.05) is 18.5 Å². The third-order valence-electron chi connectivity index (χ3n) is 4.15. The number of anilines is 1. The number of nitrogens with zero attached hydrogens (tertiary/aromatic N) is 2. The Morgan fingerprint density at radius 3 is 2.67 bits per heavy atom. The highest BCUT2D eigenvalue weighted by molar-refractivity contribution is 5.96. The number of carbonyl (C=O) groups excluding carboxylic acids is 2. The first-order valence-electron chi connectivity index (χ1n) is 8.17. The van der Waals surface area contributed by atoms with Gasteiger partial charge in [0.05, 0.1) is 0 Å². The molecule has 1 N–H and O–H groups in total. The third-order valence-corrected chi connectivity index (χ3v) is 4.15. The number of likely N-dealkylation sites (tertiary alicyclic amines) is 1. The molecule has 126 valence electrons. The van der Waals surface area contributed by atoms with Gasteiger partial charge in [0.2, 0.25) is 5.91 Å². The average molecular weight is 327 g/mol. The van der Waals surface area contributed by atoms with E-state index in [1.807, 2.05) is 44.2 Å². The van der Waals surface area contributed by atoms with Crippen molar-refractivity contribution < 1.29 is 14.0 Å². The van der Waals surface area contributed by atoms with Crippen molar-refractivity contribution in [2.45, 2.75) is 32.7 Å². The molecule has 1 atom stereocenters. The number of aromatic nitrogens is 1. The Balaban J connectivity index is 1.74. The quantitative estimate of drug-likeness (QED) is 0.916. The molecule has 0 bridgehead atoms. The molecule has 24 heavy (non-hydrogen) atoms. The summed E-state index contributed by atoms with van der Waals surface area (Å²) in [5.41, 5.74) is 1.57. The van der Waals surface area contributed by atoms with Crippen LogP contribution in [-0.4, -0.2) is 34.3 Å². The topological polar surface area (TPSA) is 75.4 Å². The van der Waals surface area contributed by atoms with E-state index in [-0.39, 0.29) is 23.7 Å². The number of carbonyl (C=O) groups is 2. The van der Waals surface area contributed by atoms with Crippen molar-refractivity contribution in [3.8, 4) is 11.3 Å². The molecule has 6 heteroatoms. The van der Waals surface area contributed by atoms with Gasteiger partial charge in [0.25, 0.3) is 5.91 Å². The summed E-state index contributed by atoms with van der Waals surface area (Å²) in [6.45, 7) is 4.48. The van der Waals surface area contributed by atoms with Crippen molar-refractivity contribution in [1.29, 1.82) is 0 Å². The van der Waals surface area contributed by atoms with Crippen LogP contribution in [0, 0.1) is 5.92 Å². The Kier molecular flexibility index (Phi) is 4.64. The second-order valence-corrected chi connectivity index (χ2v) is 6.27. The molecule has 1 aliphatic heterocycles. The van der Waals surface area contributed by atoms with Crippen LogP contribution in [0.1, 0.15) is 26.7 Å². The maximum atomic E-state index is 12.6. The van der Waals surface area contributed by atoms with Crippen molar-refractivity contribution in [2.75, 3.05) is 11.9 Å². The lowest BCUT2D eigenvalue weighted by molar-refractivity contribution is -0.136. The smallest absolute Gasteiger partial charge is 0.301 e. The molecule has 3 rings (SSSR count). The van der Waals surface area contributed by atoms with Crippen LogP contribution in [-0.2, 0) is 9.59 Å². The Morgan fingerprint density at radius 2 is 2.04 bits per heavy atom. The van der Waals surface area contributed by atoms with E-state index >= 15 is 0 Å². The number of amides is 2. The van der Waals surface area contributed by atoms with E-state index in [1.54, 1.807) is 4.90 Å². The average Bonchev–Trinajstić information content (AvgIpc) is 3.18. The molecule has 0 saturated carbocycles. The van der Waals surface area contributed by atoms with Crippen LogP contribution in [0.3, 0.4) is 0 Å². The molecule has 1 fully saturated rings. The maximum Gasteiger partial charge on any atom is 0.301 e. The van der Waals surface area contributed by atoms with Gasteiger partial charge in [0.15, 0.2) is 0 Å². The predicted octanol–water partition coefficient (Wildman–Crippen LogP) is 2.93. The summed E-state index contributed by atoms with van der Waals surface area (Å²) in [4.78, 5) is 30.6. The number of hydrogen-bond donors (Lipinski definition) is 1. The fourth-order valence-electron chi connectivity index (χ4n) is 3.02. The summed E-state index contributed by atoms with van der Waals surface area (Å²) in [5.74, 6) is -0.224. The highest BCUT2D eigenvalue weighted by atomic mass is 16.4. The number of rotatable bonds is 5. The summed E-state index contributed by atoms with van der Waals surface area (Å²) in [5, 5.41) is 2.70. The van der Waals surface area contributed by atoms with Gasteiger partial charge in [-0.05, 0) is 12.3 Å². The van der Waals surface area contributed by atoms with Gasteiger partial charge >= 0.3 is 6.01 Å². The van der Waals surface area contributed by atoms with E-state index in [4.69, 9.17) is 4.42 Å². The number of oxazole rings is 1. The molecule has 1 unspecified atom stereocenters. The van der Waals surface area contributed by atoms with Gasteiger partial charge in [0.1, 0.15) is 18.0 Å². The van der Waals surface area contributed by atoms with Gasteiger partial charge in [-0.15, -0.1) is 0 Å². The second kappa shape index (κ2) is 6.86. The van der Waals surface area contributed by atoms with Crippen molar-refractivity contribution >= 4 is 17.8 Å². The van der Waals surface area contributed by atoms with Crippen molar-refractivity contribution in [2.24, 2.45) is 5.92 Å². The fraction of sp³-hybridized carbons (Fsp3) is 0.389. The normalized spacial score (nSPS) is 15.8. The van der Waals surface area contributed by atoms with E-state index in [1.165, 1.54) is 6.26 Å². The zero-order valence-electron chi connectivity index (χ0n) is 13.9. The molecule has 6 nitrogen and oxygen atoms in total. The number of hydrogen-bond acceptors (Lipinski definition) is 4. The van der Waals surface area contributed by atoms with Gasteiger partial charge in [-0.2, -0.15) is 4.98 Å². The van der Waals surface area contributed by atoms with Crippen molar-refractivity contribution in [3.63, 3.8) is 0 Å². The van der Waals surface area contributed by atoms with Gasteiger partial charge in [-0.25, -0.2) is 0 Å². The van der Waals surface area contributed by atoms with E-state index in [0.29, 0.717) is 18.7 Å². The minimum absolute atomic E-state index is 0.00982. The second-order valence-electron chi connectivity index (χ2n) is 6.27. The Labute approximate surface area is 140 Å². The first kappa shape index (κ1) is 16.2. The number of benzene rings is 1. The van der Waals surface area contributed by atoms with E-state index in [0.717, 1.165) is 12.0 Å². The Bertz CT molecular complexity index is 724. The summed E-state index contributed by atoms with van der Waals surface area (Å²) in [6.07, 6.45) is 2.82. The van der Waals surface area contributed by atoms with E-state index in [9.17, 15) is 9.59 Å². The van der Waals surface area contributed by atoms with Gasteiger partial charge < -0.3 is 9.32 Å². The molecule has 1 aromatic heterocycles. The molecule has 0 radical (unpaired) electrons. The van der Waals surface area contributed by atoms with E-state index in [2.05, 4.69) is 10.3 Å². The Hall–Kier alpha value is -2.63. The van der Waals surface area contributed by atoms with Crippen LogP contribution in [0.2, 0.25) is 0 Å².